The van der Waals surface area contributed by atoms with Crippen molar-refractivity contribution >= 4 is 23.4 Å². The number of oxime groups is 1. The summed E-state index contributed by atoms with van der Waals surface area (Å²) in [4.78, 5) is 27.1. The van der Waals surface area contributed by atoms with Crippen LogP contribution in [0.2, 0.25) is 0 Å². The number of esters is 1. The first-order valence-electron chi connectivity index (χ1n) is 6.69. The van der Waals surface area contributed by atoms with Gasteiger partial charge in [0.15, 0.2) is 0 Å². The monoisotopic (exact) mass is 306 g/mol. The molecule has 0 bridgehead atoms. The molecule has 0 fully saturated rings. The van der Waals surface area contributed by atoms with Gasteiger partial charge < -0.3 is 9.57 Å². The molecule has 0 aliphatic carbocycles. The Bertz CT molecular complexity index is 586. The number of carbonyl (C=O) groups is 1. The second-order valence-corrected chi connectivity index (χ2v) is 4.55. The zero-order chi connectivity index (χ0) is 16.5. The molecule has 1 aromatic rings. The van der Waals surface area contributed by atoms with Crippen LogP contribution in [0, 0.1) is 10.1 Å². The molecule has 0 aromatic heterocycles. The van der Waals surface area contributed by atoms with E-state index in [0.717, 1.165) is 5.71 Å². The van der Waals surface area contributed by atoms with E-state index in [1.54, 1.807) is 39.0 Å². The summed E-state index contributed by atoms with van der Waals surface area (Å²) in [7, 11) is 0. The summed E-state index contributed by atoms with van der Waals surface area (Å²) in [6.07, 6.45) is 1.56. The van der Waals surface area contributed by atoms with Gasteiger partial charge in [-0.3, -0.25) is 10.1 Å². The highest BCUT2D eigenvalue weighted by Crippen LogP contribution is 2.15. The van der Waals surface area contributed by atoms with Crippen LogP contribution < -0.4 is 0 Å². The Morgan fingerprint density at radius 2 is 1.95 bits per heavy atom. The molecule has 7 heteroatoms. The molecule has 0 aliphatic heterocycles. The van der Waals surface area contributed by atoms with Gasteiger partial charge in [-0.15, -0.1) is 0 Å². The van der Waals surface area contributed by atoms with Crippen molar-refractivity contribution in [1.82, 2.24) is 0 Å². The minimum Gasteiger partial charge on any atom is -0.463 e. The molecule has 118 valence electrons. The van der Waals surface area contributed by atoms with Gasteiger partial charge in [-0.2, -0.15) is 0 Å². The van der Waals surface area contributed by atoms with Crippen LogP contribution in [0.4, 0.5) is 5.69 Å². The average molecular weight is 306 g/mol. The summed E-state index contributed by atoms with van der Waals surface area (Å²) in [5.41, 5.74) is 1.62. The second-order valence-electron chi connectivity index (χ2n) is 4.55. The Balaban J connectivity index is 2.95. The molecule has 0 radical (unpaired) electrons. The Morgan fingerprint density at radius 3 is 2.45 bits per heavy atom. The second kappa shape index (κ2) is 8.56. The third-order valence-electron chi connectivity index (χ3n) is 2.45. The minimum absolute atomic E-state index is 0.0164. The van der Waals surface area contributed by atoms with Crippen molar-refractivity contribution in [2.75, 3.05) is 13.2 Å². The van der Waals surface area contributed by atoms with Crippen molar-refractivity contribution in [3.63, 3.8) is 0 Å². The maximum absolute atomic E-state index is 11.9. The lowest BCUT2D eigenvalue weighted by atomic mass is 10.1. The highest BCUT2D eigenvalue weighted by atomic mass is 16.6. The number of ether oxygens (including phenoxy) is 1. The number of benzene rings is 1. The highest BCUT2D eigenvalue weighted by Gasteiger charge is 2.12. The minimum atomic E-state index is -0.509. The van der Waals surface area contributed by atoms with E-state index >= 15 is 0 Å². The fourth-order valence-electron chi connectivity index (χ4n) is 1.51. The fraction of sp³-hybridized carbons (Fsp3) is 0.333. The lowest BCUT2D eigenvalue weighted by Crippen LogP contribution is -2.11. The molecule has 1 aromatic carbocycles. The van der Waals surface area contributed by atoms with Crippen LogP contribution in [0.25, 0.3) is 6.08 Å². The Kier molecular flexibility index (Phi) is 6.75. The van der Waals surface area contributed by atoms with E-state index < -0.39 is 10.9 Å². The largest absolute Gasteiger partial charge is 0.463 e. The number of carbonyl (C=O) groups excluding carboxylic acids is 1. The van der Waals surface area contributed by atoms with Gasteiger partial charge in [-0.1, -0.05) is 5.16 Å². The molecule has 1 rings (SSSR count). The highest BCUT2D eigenvalue weighted by molar-refractivity contribution is 5.94. The molecule has 0 spiro atoms. The quantitative estimate of drug-likeness (QED) is 0.254. The van der Waals surface area contributed by atoms with E-state index in [4.69, 9.17) is 9.57 Å². The Hall–Kier alpha value is -2.70. The topological polar surface area (TPSA) is 91.0 Å². The number of nitro benzene ring substituents is 1. The Morgan fingerprint density at radius 1 is 1.32 bits per heavy atom. The zero-order valence-electron chi connectivity index (χ0n) is 12.7. The predicted octanol–water partition coefficient (Wildman–Crippen LogP) is 2.95. The van der Waals surface area contributed by atoms with Crippen LogP contribution >= 0.6 is 0 Å². The zero-order valence-corrected chi connectivity index (χ0v) is 12.7. The van der Waals surface area contributed by atoms with E-state index in [1.165, 1.54) is 12.1 Å². The van der Waals surface area contributed by atoms with Crippen LogP contribution in [0.3, 0.4) is 0 Å². The van der Waals surface area contributed by atoms with Gasteiger partial charge in [0, 0.05) is 12.1 Å². The van der Waals surface area contributed by atoms with E-state index in [1.807, 2.05) is 0 Å². The van der Waals surface area contributed by atoms with Gasteiger partial charge in [0.05, 0.1) is 22.8 Å². The van der Waals surface area contributed by atoms with Crippen molar-refractivity contribution in [3.8, 4) is 0 Å². The summed E-state index contributed by atoms with van der Waals surface area (Å²) in [5, 5.41) is 14.4. The van der Waals surface area contributed by atoms with E-state index in [0.29, 0.717) is 5.56 Å². The first kappa shape index (κ1) is 17.4. The molecular formula is C15H18N2O5. The van der Waals surface area contributed by atoms with E-state index in [2.05, 4.69) is 5.16 Å². The molecule has 7 nitrogen and oxygen atoms in total. The summed E-state index contributed by atoms with van der Waals surface area (Å²) in [6.45, 7) is 5.44. The fourth-order valence-corrected chi connectivity index (χ4v) is 1.51. The lowest BCUT2D eigenvalue weighted by Gasteiger charge is -2.06. The maximum Gasteiger partial charge on any atom is 0.337 e. The number of hydrogen-bond acceptors (Lipinski definition) is 6. The predicted molar refractivity (Wildman–Crippen MR) is 82.4 cm³/mol. The Labute approximate surface area is 128 Å². The van der Waals surface area contributed by atoms with Crippen molar-refractivity contribution in [3.05, 3.63) is 45.5 Å². The SMILES string of the molecule is CCOC(=O)/C(=C\c1ccc([N+](=O)[O-])cc1)CON=C(C)C. The molecule has 0 atom stereocenters. The normalized spacial score (nSPS) is 10.8. The van der Waals surface area contributed by atoms with Gasteiger partial charge in [0.25, 0.3) is 5.69 Å². The average Bonchev–Trinajstić information content (AvgIpc) is 2.46. The number of nitro groups is 1. The molecule has 0 heterocycles. The smallest absolute Gasteiger partial charge is 0.337 e. The van der Waals surface area contributed by atoms with Crippen molar-refractivity contribution in [2.24, 2.45) is 5.16 Å². The molecule has 0 N–H and O–H groups in total. The summed E-state index contributed by atoms with van der Waals surface area (Å²) in [5.74, 6) is -0.509. The molecule has 0 unspecified atom stereocenters. The molecule has 0 saturated carbocycles. The molecule has 0 saturated heterocycles. The van der Waals surface area contributed by atoms with Crippen LogP contribution in [0.1, 0.15) is 26.3 Å². The number of rotatable bonds is 7. The molecule has 0 aliphatic rings. The number of non-ortho nitro benzene ring substituents is 1. The third kappa shape index (κ3) is 5.74. The summed E-state index contributed by atoms with van der Waals surface area (Å²) < 4.78 is 4.95. The van der Waals surface area contributed by atoms with Gasteiger partial charge >= 0.3 is 5.97 Å². The third-order valence-corrected chi connectivity index (χ3v) is 2.45. The van der Waals surface area contributed by atoms with E-state index in [9.17, 15) is 14.9 Å². The summed E-state index contributed by atoms with van der Waals surface area (Å²) >= 11 is 0. The van der Waals surface area contributed by atoms with Gasteiger partial charge in [-0.05, 0) is 44.5 Å². The lowest BCUT2D eigenvalue weighted by molar-refractivity contribution is -0.384. The standard InChI is InChI=1S/C15H18N2O5/c1-4-21-15(18)13(10-22-16-11(2)3)9-12-5-7-14(8-6-12)17(19)20/h5-9H,4,10H2,1-3H3/b13-9-. The first-order chi connectivity index (χ1) is 10.4. The maximum atomic E-state index is 11.9. The van der Waals surface area contributed by atoms with Crippen LogP contribution in [-0.4, -0.2) is 29.8 Å². The van der Waals surface area contributed by atoms with E-state index in [-0.39, 0.29) is 24.5 Å². The first-order valence-corrected chi connectivity index (χ1v) is 6.69. The molecule has 22 heavy (non-hydrogen) atoms. The van der Waals surface area contributed by atoms with Crippen molar-refractivity contribution < 1.29 is 19.3 Å². The van der Waals surface area contributed by atoms with Crippen molar-refractivity contribution in [1.29, 1.82) is 0 Å². The number of hydrogen-bond donors (Lipinski definition) is 0. The molecular weight excluding hydrogens is 288 g/mol. The van der Waals surface area contributed by atoms with Crippen LogP contribution in [-0.2, 0) is 14.4 Å². The van der Waals surface area contributed by atoms with Crippen LogP contribution in [0.5, 0.6) is 0 Å². The van der Waals surface area contributed by atoms with Crippen molar-refractivity contribution in [2.45, 2.75) is 20.8 Å². The van der Waals surface area contributed by atoms with Gasteiger partial charge in [0.1, 0.15) is 6.61 Å². The van der Waals surface area contributed by atoms with Crippen LogP contribution in [0.15, 0.2) is 35.0 Å². The van der Waals surface area contributed by atoms with Gasteiger partial charge in [0.2, 0.25) is 0 Å². The van der Waals surface area contributed by atoms with Gasteiger partial charge in [-0.25, -0.2) is 4.79 Å². The molecule has 0 amide bonds. The number of nitrogens with zero attached hydrogens (tertiary/aromatic N) is 2. The summed E-state index contributed by atoms with van der Waals surface area (Å²) in [6, 6.07) is 5.82.